The largest absolute Gasteiger partial charge is 0.332 e. The van der Waals surface area contributed by atoms with E-state index in [1.807, 2.05) is 20.8 Å². The molecule has 1 aromatic rings. The van der Waals surface area contributed by atoms with Crippen LogP contribution in [0.4, 0.5) is 3.89 Å². The Bertz CT molecular complexity index is 690. The summed E-state index contributed by atoms with van der Waals surface area (Å²) < 4.78 is 60.3. The first-order valence-electron chi connectivity index (χ1n) is 5.85. The van der Waals surface area contributed by atoms with Crippen molar-refractivity contribution >= 4 is 20.2 Å². The molecule has 0 aliphatic carbocycles. The monoisotopic (exact) mass is 323 g/mol. The average Bonchev–Trinajstić information content (AvgIpc) is 2.25. The second kappa shape index (κ2) is 5.42. The quantitative estimate of drug-likeness (QED) is 0.795. The summed E-state index contributed by atoms with van der Waals surface area (Å²) in [7, 11) is -7.38. The molecule has 0 fully saturated rings. The Balaban J connectivity index is 3.24. The first-order valence-corrected chi connectivity index (χ1v) is 8.67. The van der Waals surface area contributed by atoms with Crippen molar-refractivity contribution in [3.05, 3.63) is 24.3 Å². The fourth-order valence-corrected chi connectivity index (χ4v) is 3.75. The highest BCUT2D eigenvalue weighted by Gasteiger charge is 2.26. The van der Waals surface area contributed by atoms with Gasteiger partial charge in [-0.2, -0.15) is 8.42 Å². The highest BCUT2D eigenvalue weighted by molar-refractivity contribution is 7.89. The molecule has 1 rings (SSSR count). The van der Waals surface area contributed by atoms with E-state index in [4.69, 9.17) is 0 Å². The molecular weight excluding hydrogens is 305 g/mol. The molecule has 0 aliphatic heterocycles. The van der Waals surface area contributed by atoms with Crippen molar-refractivity contribution in [1.82, 2.24) is 4.31 Å². The van der Waals surface area contributed by atoms with Gasteiger partial charge in [0.1, 0.15) is 0 Å². The molecular formula is C12H18FNO4S2. The van der Waals surface area contributed by atoms with Gasteiger partial charge in [0.2, 0.25) is 10.0 Å². The molecule has 0 bridgehead atoms. The van der Waals surface area contributed by atoms with E-state index in [-0.39, 0.29) is 16.9 Å². The molecule has 1 aromatic carbocycles. The highest BCUT2D eigenvalue weighted by atomic mass is 32.3. The van der Waals surface area contributed by atoms with E-state index in [0.29, 0.717) is 0 Å². The lowest BCUT2D eigenvalue weighted by Gasteiger charge is -2.26. The molecule has 8 heteroatoms. The van der Waals surface area contributed by atoms with Crippen LogP contribution in [0.25, 0.3) is 0 Å². The molecule has 0 radical (unpaired) electrons. The Morgan fingerprint density at radius 3 is 2.05 bits per heavy atom. The first kappa shape index (κ1) is 17.1. The third kappa shape index (κ3) is 4.26. The minimum absolute atomic E-state index is 0.247. The minimum Gasteiger partial charge on any atom is -0.207 e. The van der Waals surface area contributed by atoms with Crippen molar-refractivity contribution < 1.29 is 20.7 Å². The van der Waals surface area contributed by atoms with Gasteiger partial charge in [-0.25, -0.2) is 12.7 Å². The van der Waals surface area contributed by atoms with Crippen molar-refractivity contribution in [2.45, 2.75) is 30.6 Å². The van der Waals surface area contributed by atoms with Gasteiger partial charge in [0.05, 0.1) is 9.79 Å². The molecule has 0 aliphatic rings. The molecule has 0 saturated carbocycles. The summed E-state index contributed by atoms with van der Waals surface area (Å²) in [5.74, 6) is 0. The lowest BCUT2D eigenvalue weighted by molar-refractivity contribution is 0.310. The molecule has 0 spiro atoms. The van der Waals surface area contributed by atoms with E-state index in [2.05, 4.69) is 0 Å². The summed E-state index contributed by atoms with van der Waals surface area (Å²) in [6.45, 7) is 5.88. The molecule has 20 heavy (non-hydrogen) atoms. The van der Waals surface area contributed by atoms with E-state index in [0.717, 1.165) is 16.4 Å². The van der Waals surface area contributed by atoms with Gasteiger partial charge in [0.15, 0.2) is 0 Å². The maximum atomic E-state index is 12.9. The average molecular weight is 323 g/mol. The molecule has 0 atom stereocenters. The maximum Gasteiger partial charge on any atom is 0.332 e. The zero-order valence-electron chi connectivity index (χ0n) is 11.8. The number of hydrogen-bond donors (Lipinski definition) is 0. The summed E-state index contributed by atoms with van der Waals surface area (Å²) >= 11 is 0. The van der Waals surface area contributed by atoms with Crippen LogP contribution in [-0.4, -0.2) is 34.7 Å². The van der Waals surface area contributed by atoms with Crippen LogP contribution in [-0.2, 0) is 20.2 Å². The predicted molar refractivity (Wildman–Crippen MR) is 74.0 cm³/mol. The van der Waals surface area contributed by atoms with Crippen LogP contribution in [0.1, 0.15) is 20.8 Å². The Morgan fingerprint density at radius 1 is 1.10 bits per heavy atom. The van der Waals surface area contributed by atoms with Gasteiger partial charge in [-0.05, 0) is 23.6 Å². The van der Waals surface area contributed by atoms with Crippen molar-refractivity contribution in [3.63, 3.8) is 0 Å². The molecule has 0 amide bonds. The fraction of sp³-hybridized carbons (Fsp3) is 0.500. The first-order chi connectivity index (χ1) is 8.84. The van der Waals surface area contributed by atoms with E-state index >= 15 is 0 Å². The maximum absolute atomic E-state index is 12.9. The number of rotatable bonds is 4. The van der Waals surface area contributed by atoms with Gasteiger partial charge in [-0.15, -0.1) is 3.89 Å². The van der Waals surface area contributed by atoms with Gasteiger partial charge >= 0.3 is 10.2 Å². The Hall–Kier alpha value is -0.990. The van der Waals surface area contributed by atoms with Crippen LogP contribution in [0, 0.1) is 5.41 Å². The number of benzene rings is 1. The molecule has 0 unspecified atom stereocenters. The summed E-state index contributed by atoms with van der Waals surface area (Å²) in [4.78, 5) is -0.911. The number of hydrogen-bond acceptors (Lipinski definition) is 4. The predicted octanol–water partition coefficient (Wildman–Crippen LogP) is 2.01. The van der Waals surface area contributed by atoms with Crippen LogP contribution in [0.15, 0.2) is 34.1 Å². The van der Waals surface area contributed by atoms with Crippen LogP contribution in [0.3, 0.4) is 0 Å². The topological polar surface area (TPSA) is 71.5 Å². The molecule has 114 valence electrons. The zero-order valence-corrected chi connectivity index (χ0v) is 13.4. The zero-order chi connectivity index (χ0) is 15.8. The minimum atomic E-state index is -4.93. The number of sulfonamides is 1. The lowest BCUT2D eigenvalue weighted by Crippen LogP contribution is -2.34. The van der Waals surface area contributed by atoms with E-state index < -0.39 is 25.1 Å². The third-order valence-corrected chi connectivity index (χ3v) is 5.11. The van der Waals surface area contributed by atoms with E-state index in [1.165, 1.54) is 19.2 Å². The summed E-state index contributed by atoms with van der Waals surface area (Å²) in [5, 5.41) is 0. The van der Waals surface area contributed by atoms with Gasteiger partial charge in [-0.1, -0.05) is 26.8 Å². The second-order valence-electron chi connectivity index (χ2n) is 5.73. The molecule has 0 saturated heterocycles. The van der Waals surface area contributed by atoms with Gasteiger partial charge in [0.25, 0.3) is 0 Å². The van der Waals surface area contributed by atoms with Crippen molar-refractivity contribution in [2.75, 3.05) is 13.6 Å². The fourth-order valence-electron chi connectivity index (χ4n) is 1.72. The standard InChI is InChI=1S/C12H18FNO4S2/c1-12(2,3)9-14(4)20(17,18)11-7-5-6-10(8-11)19(13,15)16/h5-8H,9H2,1-4H3. The van der Waals surface area contributed by atoms with E-state index in [1.54, 1.807) is 0 Å². The van der Waals surface area contributed by atoms with Gasteiger partial charge in [-0.3, -0.25) is 0 Å². The molecule has 0 heterocycles. The Morgan fingerprint density at radius 2 is 1.60 bits per heavy atom. The third-order valence-electron chi connectivity index (χ3n) is 2.49. The van der Waals surface area contributed by atoms with Gasteiger partial charge in [0, 0.05) is 13.6 Å². The van der Waals surface area contributed by atoms with Crippen LogP contribution < -0.4 is 0 Å². The summed E-state index contributed by atoms with van der Waals surface area (Å²) in [5.41, 5.74) is -0.258. The summed E-state index contributed by atoms with van der Waals surface area (Å²) in [6, 6.07) is 4.27. The molecule has 5 nitrogen and oxygen atoms in total. The molecule has 0 aromatic heterocycles. The number of halogens is 1. The van der Waals surface area contributed by atoms with Crippen molar-refractivity contribution in [2.24, 2.45) is 5.41 Å². The van der Waals surface area contributed by atoms with Crippen LogP contribution in [0.5, 0.6) is 0 Å². The van der Waals surface area contributed by atoms with Crippen LogP contribution >= 0.6 is 0 Å². The highest BCUT2D eigenvalue weighted by Crippen LogP contribution is 2.23. The molecule has 0 N–H and O–H groups in total. The van der Waals surface area contributed by atoms with Crippen molar-refractivity contribution in [3.8, 4) is 0 Å². The number of nitrogens with zero attached hydrogens (tertiary/aromatic N) is 1. The van der Waals surface area contributed by atoms with Gasteiger partial charge < -0.3 is 0 Å². The Kier molecular flexibility index (Phi) is 4.62. The lowest BCUT2D eigenvalue weighted by atomic mass is 9.97. The van der Waals surface area contributed by atoms with E-state index in [9.17, 15) is 20.7 Å². The Labute approximate surface area is 119 Å². The second-order valence-corrected chi connectivity index (χ2v) is 9.13. The van der Waals surface area contributed by atoms with Crippen LogP contribution in [0.2, 0.25) is 0 Å². The summed E-state index contributed by atoms with van der Waals surface area (Å²) in [6.07, 6.45) is 0. The van der Waals surface area contributed by atoms with Crippen molar-refractivity contribution in [1.29, 1.82) is 0 Å². The normalized spacial score (nSPS) is 13.7. The smallest absolute Gasteiger partial charge is 0.207 e. The SMILES string of the molecule is CN(CC(C)(C)C)S(=O)(=O)c1cccc(S(=O)(=O)F)c1.